The molecule has 0 fully saturated rings. The molecule has 1 aromatic carbocycles. The third-order valence-corrected chi connectivity index (χ3v) is 2.93. The lowest BCUT2D eigenvalue weighted by Crippen LogP contribution is -2.36. The van der Waals surface area contributed by atoms with Crippen LogP contribution in [0.4, 0.5) is 13.2 Å². The topological polar surface area (TPSA) is 55.4 Å². The Morgan fingerprint density at radius 2 is 1.89 bits per heavy atom. The molecule has 0 aliphatic carbocycles. The summed E-state index contributed by atoms with van der Waals surface area (Å²) >= 11 is 0. The van der Waals surface area contributed by atoms with Gasteiger partial charge in [0.15, 0.2) is 0 Å². The molecule has 108 valence electrons. The number of hydrogen-bond donors (Lipinski definition) is 1. The molecule has 0 spiro atoms. The molecule has 0 radical (unpaired) electrons. The summed E-state index contributed by atoms with van der Waals surface area (Å²) in [6.07, 6.45) is -3.54. The normalized spacial score (nSPS) is 14.2. The van der Waals surface area contributed by atoms with Crippen molar-refractivity contribution in [1.82, 2.24) is 4.72 Å². The summed E-state index contributed by atoms with van der Waals surface area (Å²) in [5.41, 5.74) is -0.887. The molecule has 1 rings (SSSR count). The fourth-order valence-electron chi connectivity index (χ4n) is 1.44. The molecule has 0 bridgehead atoms. The van der Waals surface area contributed by atoms with E-state index >= 15 is 0 Å². The second-order valence-electron chi connectivity index (χ2n) is 4.10. The molecule has 8 heteroatoms. The Morgan fingerprint density at radius 3 is 2.42 bits per heavy atom. The van der Waals surface area contributed by atoms with E-state index < -0.39 is 27.8 Å². The molecular formula is C11H14F3NO3S. The molecule has 0 aromatic heterocycles. The standard InChI is InChI=1S/C11H14F3NO3S/c1-8(15-19(2,16)17)7-18-10-6-4-3-5-9(10)11(12,13)14/h3-6,8,15H,7H2,1-2H3/t8-/m0/s1. The number of hydrogen-bond acceptors (Lipinski definition) is 3. The molecule has 0 unspecified atom stereocenters. The van der Waals surface area contributed by atoms with Crippen molar-refractivity contribution in [2.75, 3.05) is 12.9 Å². The van der Waals surface area contributed by atoms with Gasteiger partial charge in [-0.1, -0.05) is 12.1 Å². The van der Waals surface area contributed by atoms with E-state index in [0.29, 0.717) is 0 Å². The van der Waals surface area contributed by atoms with Gasteiger partial charge >= 0.3 is 6.18 Å². The highest BCUT2D eigenvalue weighted by Gasteiger charge is 2.34. The van der Waals surface area contributed by atoms with Gasteiger partial charge < -0.3 is 4.74 Å². The minimum Gasteiger partial charge on any atom is -0.491 e. The zero-order valence-corrected chi connectivity index (χ0v) is 11.2. The van der Waals surface area contributed by atoms with Gasteiger partial charge in [0.25, 0.3) is 0 Å². The minimum absolute atomic E-state index is 0.194. The Hall–Kier alpha value is -1.28. The van der Waals surface area contributed by atoms with Gasteiger partial charge in [0.1, 0.15) is 12.4 Å². The van der Waals surface area contributed by atoms with Gasteiger partial charge in [-0.25, -0.2) is 13.1 Å². The van der Waals surface area contributed by atoms with Gasteiger partial charge in [0, 0.05) is 0 Å². The molecule has 1 N–H and O–H groups in total. The van der Waals surface area contributed by atoms with Gasteiger partial charge in [0.05, 0.1) is 17.9 Å². The first-order chi connectivity index (χ1) is 8.59. The van der Waals surface area contributed by atoms with E-state index in [1.54, 1.807) is 0 Å². The van der Waals surface area contributed by atoms with E-state index in [0.717, 1.165) is 12.3 Å². The summed E-state index contributed by atoms with van der Waals surface area (Å²) in [6.45, 7) is 1.30. The molecule has 0 heterocycles. The first-order valence-electron chi connectivity index (χ1n) is 5.36. The second kappa shape index (κ2) is 5.79. The average molecular weight is 297 g/mol. The van der Waals surface area contributed by atoms with E-state index in [2.05, 4.69) is 4.72 Å². The predicted octanol–water partition coefficient (Wildman–Crippen LogP) is 2.02. The number of alkyl halides is 3. The van der Waals surface area contributed by atoms with Crippen molar-refractivity contribution in [2.45, 2.75) is 19.1 Å². The van der Waals surface area contributed by atoms with E-state index in [4.69, 9.17) is 4.74 Å². The van der Waals surface area contributed by atoms with Crippen molar-refractivity contribution in [3.05, 3.63) is 29.8 Å². The van der Waals surface area contributed by atoms with Gasteiger partial charge in [0.2, 0.25) is 10.0 Å². The van der Waals surface area contributed by atoms with Crippen LogP contribution in [0, 0.1) is 0 Å². The molecule has 0 amide bonds. The summed E-state index contributed by atoms with van der Waals surface area (Å²) < 4.78 is 67.1. The molecule has 0 aliphatic heterocycles. The summed E-state index contributed by atoms with van der Waals surface area (Å²) in [5, 5.41) is 0. The molecule has 0 saturated heterocycles. The van der Waals surface area contributed by atoms with Crippen molar-refractivity contribution in [2.24, 2.45) is 0 Å². The van der Waals surface area contributed by atoms with Crippen LogP contribution < -0.4 is 9.46 Å². The third-order valence-electron chi connectivity index (χ3n) is 2.10. The smallest absolute Gasteiger partial charge is 0.419 e. The first kappa shape index (κ1) is 15.8. The maximum absolute atomic E-state index is 12.7. The lowest BCUT2D eigenvalue weighted by molar-refractivity contribution is -0.139. The number of nitrogens with one attached hydrogen (secondary N) is 1. The molecule has 1 atom stereocenters. The molecule has 19 heavy (non-hydrogen) atoms. The zero-order valence-electron chi connectivity index (χ0n) is 10.4. The molecule has 4 nitrogen and oxygen atoms in total. The zero-order chi connectivity index (χ0) is 14.7. The molecule has 0 saturated carbocycles. The number of halogens is 3. The summed E-state index contributed by atoms with van der Waals surface area (Å²) in [4.78, 5) is 0. The van der Waals surface area contributed by atoms with Gasteiger partial charge in [-0.3, -0.25) is 0 Å². The van der Waals surface area contributed by atoms with Crippen LogP contribution in [-0.4, -0.2) is 27.3 Å². The van der Waals surface area contributed by atoms with Crippen LogP contribution in [0.1, 0.15) is 12.5 Å². The lowest BCUT2D eigenvalue weighted by atomic mass is 10.2. The Labute approximate surface area is 109 Å². The fraction of sp³-hybridized carbons (Fsp3) is 0.455. The van der Waals surface area contributed by atoms with E-state index in [1.807, 2.05) is 0 Å². The van der Waals surface area contributed by atoms with E-state index in [1.165, 1.54) is 25.1 Å². The Balaban J connectivity index is 2.74. The Bertz CT molecular complexity index is 528. The van der Waals surface area contributed by atoms with E-state index in [9.17, 15) is 21.6 Å². The van der Waals surface area contributed by atoms with Crippen molar-refractivity contribution >= 4 is 10.0 Å². The van der Waals surface area contributed by atoms with Crippen LogP contribution in [-0.2, 0) is 16.2 Å². The highest BCUT2D eigenvalue weighted by atomic mass is 32.2. The monoisotopic (exact) mass is 297 g/mol. The number of ether oxygens (including phenoxy) is 1. The predicted molar refractivity (Wildman–Crippen MR) is 64.4 cm³/mol. The van der Waals surface area contributed by atoms with Crippen LogP contribution in [0.2, 0.25) is 0 Å². The van der Waals surface area contributed by atoms with Crippen molar-refractivity contribution in [3.63, 3.8) is 0 Å². The van der Waals surface area contributed by atoms with Crippen molar-refractivity contribution < 1.29 is 26.3 Å². The quantitative estimate of drug-likeness (QED) is 0.904. The Kier molecular flexibility index (Phi) is 4.81. The number of rotatable bonds is 5. The molecular weight excluding hydrogens is 283 g/mol. The van der Waals surface area contributed by atoms with Crippen LogP contribution in [0.25, 0.3) is 0 Å². The first-order valence-corrected chi connectivity index (χ1v) is 7.25. The van der Waals surface area contributed by atoms with Crippen LogP contribution in [0.15, 0.2) is 24.3 Å². The molecule has 0 aliphatic rings. The summed E-state index contributed by atoms with van der Waals surface area (Å²) in [5.74, 6) is -0.322. The van der Waals surface area contributed by atoms with Crippen LogP contribution >= 0.6 is 0 Å². The van der Waals surface area contributed by atoms with Crippen molar-refractivity contribution in [1.29, 1.82) is 0 Å². The summed E-state index contributed by atoms with van der Waals surface area (Å²) in [6, 6.07) is 4.14. The van der Waals surface area contributed by atoms with Crippen molar-refractivity contribution in [3.8, 4) is 5.75 Å². The van der Waals surface area contributed by atoms with E-state index in [-0.39, 0.29) is 12.4 Å². The average Bonchev–Trinajstić information content (AvgIpc) is 2.23. The highest BCUT2D eigenvalue weighted by Crippen LogP contribution is 2.35. The summed E-state index contributed by atoms with van der Waals surface area (Å²) in [7, 11) is -3.42. The lowest BCUT2D eigenvalue weighted by Gasteiger charge is -2.17. The molecule has 1 aromatic rings. The Morgan fingerprint density at radius 1 is 1.32 bits per heavy atom. The fourth-order valence-corrected chi connectivity index (χ4v) is 2.24. The van der Waals surface area contributed by atoms with Gasteiger partial charge in [-0.05, 0) is 19.1 Å². The second-order valence-corrected chi connectivity index (χ2v) is 5.88. The number of benzene rings is 1. The number of sulfonamides is 1. The maximum Gasteiger partial charge on any atom is 0.419 e. The van der Waals surface area contributed by atoms with Gasteiger partial charge in [-0.15, -0.1) is 0 Å². The highest BCUT2D eigenvalue weighted by molar-refractivity contribution is 7.88. The third kappa shape index (κ3) is 5.48. The number of para-hydroxylation sites is 1. The largest absolute Gasteiger partial charge is 0.491 e. The SMILES string of the molecule is C[C@@H](COc1ccccc1C(F)(F)F)NS(C)(=O)=O. The van der Waals surface area contributed by atoms with Crippen LogP contribution in [0.3, 0.4) is 0 Å². The maximum atomic E-state index is 12.7. The van der Waals surface area contributed by atoms with Crippen LogP contribution in [0.5, 0.6) is 5.75 Å². The van der Waals surface area contributed by atoms with Gasteiger partial charge in [-0.2, -0.15) is 13.2 Å². The minimum atomic E-state index is -4.51.